The van der Waals surface area contributed by atoms with Crippen LogP contribution in [0.15, 0.2) is 47.1 Å². The summed E-state index contributed by atoms with van der Waals surface area (Å²) in [6, 6.07) is 6.81. The Balaban J connectivity index is 1.58. The van der Waals surface area contributed by atoms with Crippen molar-refractivity contribution in [3.8, 4) is 5.82 Å². The molecule has 0 aliphatic heterocycles. The lowest BCUT2D eigenvalue weighted by atomic mass is 10.3. The van der Waals surface area contributed by atoms with E-state index in [-0.39, 0.29) is 18.0 Å². The Morgan fingerprint density at radius 2 is 2.22 bits per heavy atom. The highest BCUT2D eigenvalue weighted by Crippen LogP contribution is 2.08. The van der Waals surface area contributed by atoms with E-state index in [0.717, 1.165) is 4.88 Å². The zero-order valence-corrected chi connectivity index (χ0v) is 12.9. The highest BCUT2D eigenvalue weighted by Gasteiger charge is 2.06. The second-order valence-corrected chi connectivity index (χ2v) is 5.73. The average molecular weight is 330 g/mol. The Morgan fingerprint density at radius 1 is 1.30 bits per heavy atom. The van der Waals surface area contributed by atoms with Crippen LogP contribution in [-0.2, 0) is 17.8 Å². The number of nitrogens with one attached hydrogen (secondary N) is 1. The number of nitrogens with zero attached hydrogens (tertiary/aromatic N) is 5. The first-order chi connectivity index (χ1) is 11.2. The molecule has 23 heavy (non-hydrogen) atoms. The van der Waals surface area contributed by atoms with Crippen LogP contribution in [0.25, 0.3) is 5.82 Å². The highest BCUT2D eigenvalue weighted by atomic mass is 32.1. The molecule has 3 aromatic heterocycles. The van der Waals surface area contributed by atoms with Gasteiger partial charge in [-0.3, -0.25) is 9.59 Å². The van der Waals surface area contributed by atoms with E-state index in [0.29, 0.717) is 18.8 Å². The quantitative estimate of drug-likeness (QED) is 0.699. The van der Waals surface area contributed by atoms with Gasteiger partial charge in [0.25, 0.3) is 5.56 Å². The van der Waals surface area contributed by atoms with E-state index in [1.54, 1.807) is 6.07 Å². The number of hydrogen-bond acceptors (Lipinski definition) is 6. The summed E-state index contributed by atoms with van der Waals surface area (Å²) in [6.45, 7) is 0.621. The maximum absolute atomic E-state index is 11.8. The lowest BCUT2D eigenvalue weighted by Gasteiger charge is -2.08. The first-order valence-electron chi connectivity index (χ1n) is 6.94. The monoisotopic (exact) mass is 330 g/mol. The van der Waals surface area contributed by atoms with E-state index in [9.17, 15) is 9.59 Å². The van der Waals surface area contributed by atoms with Crippen molar-refractivity contribution in [1.29, 1.82) is 0 Å². The van der Waals surface area contributed by atoms with Crippen molar-refractivity contribution < 1.29 is 4.79 Å². The molecular formula is C14H14N6O2S. The Hall–Kier alpha value is -2.81. The second-order valence-electron chi connectivity index (χ2n) is 4.70. The van der Waals surface area contributed by atoms with Crippen molar-refractivity contribution >= 4 is 17.2 Å². The Bertz CT molecular complexity index is 825. The zero-order chi connectivity index (χ0) is 16.1. The number of carbonyl (C=O) groups excluding carboxylic acids is 1. The lowest BCUT2D eigenvalue weighted by molar-refractivity contribution is -0.120. The van der Waals surface area contributed by atoms with Crippen molar-refractivity contribution in [2.24, 2.45) is 0 Å². The summed E-state index contributed by atoms with van der Waals surface area (Å²) in [5, 5.41) is 12.9. The predicted octanol–water partition coefficient (Wildman–Crippen LogP) is 0.244. The van der Waals surface area contributed by atoms with Crippen LogP contribution < -0.4 is 10.9 Å². The van der Waals surface area contributed by atoms with E-state index in [4.69, 9.17) is 0 Å². The number of rotatable bonds is 6. The molecule has 3 aromatic rings. The molecule has 0 aliphatic carbocycles. The molecule has 0 radical (unpaired) electrons. The summed E-state index contributed by atoms with van der Waals surface area (Å²) in [7, 11) is 0. The molecule has 1 N–H and O–H groups in total. The van der Waals surface area contributed by atoms with E-state index >= 15 is 0 Å². The molecule has 9 heteroatoms. The van der Waals surface area contributed by atoms with Crippen molar-refractivity contribution in [1.82, 2.24) is 29.9 Å². The van der Waals surface area contributed by atoms with Crippen LogP contribution in [0.1, 0.15) is 4.88 Å². The summed E-state index contributed by atoms with van der Waals surface area (Å²) in [5.74, 6) is 0.417. The molecule has 0 bridgehead atoms. The minimum atomic E-state index is -0.235. The first-order valence-corrected chi connectivity index (χ1v) is 7.82. The highest BCUT2D eigenvalue weighted by molar-refractivity contribution is 7.10. The third-order valence-electron chi connectivity index (χ3n) is 3.07. The fraction of sp³-hybridized carbons (Fsp3) is 0.214. The van der Waals surface area contributed by atoms with Crippen LogP contribution in [-0.4, -0.2) is 37.0 Å². The molecule has 0 aliphatic rings. The van der Waals surface area contributed by atoms with Crippen LogP contribution in [0.4, 0.5) is 0 Å². The minimum absolute atomic E-state index is 0.0760. The molecule has 0 saturated carbocycles. The topological polar surface area (TPSA) is 94.7 Å². The van der Waals surface area contributed by atoms with Gasteiger partial charge in [-0.25, -0.2) is 14.3 Å². The van der Waals surface area contributed by atoms with Crippen LogP contribution in [0.3, 0.4) is 0 Å². The normalized spacial score (nSPS) is 10.6. The van der Waals surface area contributed by atoms with E-state index in [1.807, 2.05) is 17.5 Å². The lowest BCUT2D eigenvalue weighted by Crippen LogP contribution is -2.32. The van der Waals surface area contributed by atoms with Gasteiger partial charge >= 0.3 is 0 Å². The summed E-state index contributed by atoms with van der Waals surface area (Å²) < 4.78 is 2.76. The van der Waals surface area contributed by atoms with Gasteiger partial charge in [-0.15, -0.1) is 16.4 Å². The van der Waals surface area contributed by atoms with E-state index in [1.165, 1.54) is 39.4 Å². The van der Waals surface area contributed by atoms with Crippen molar-refractivity contribution in [3.63, 3.8) is 0 Å². The van der Waals surface area contributed by atoms with Gasteiger partial charge in [0.2, 0.25) is 5.91 Å². The number of amides is 1. The Kier molecular flexibility index (Phi) is 4.57. The number of hydrogen-bond donors (Lipinski definition) is 1. The Morgan fingerprint density at radius 3 is 2.96 bits per heavy atom. The largest absolute Gasteiger partial charge is 0.354 e. The summed E-state index contributed by atoms with van der Waals surface area (Å²) in [6.07, 6.45) is 3.24. The SMILES string of the molecule is O=C(Cc1cccs1)NCCn1nc(-n2cncn2)ccc1=O. The van der Waals surface area contributed by atoms with Gasteiger partial charge in [0.1, 0.15) is 12.7 Å². The predicted molar refractivity (Wildman–Crippen MR) is 84.4 cm³/mol. The fourth-order valence-electron chi connectivity index (χ4n) is 1.98. The molecule has 118 valence electrons. The molecule has 3 rings (SSSR count). The van der Waals surface area contributed by atoms with Gasteiger partial charge in [-0.1, -0.05) is 6.07 Å². The number of carbonyl (C=O) groups is 1. The number of aromatic nitrogens is 5. The number of thiophene rings is 1. The van der Waals surface area contributed by atoms with Gasteiger partial charge in [-0.2, -0.15) is 5.10 Å². The van der Waals surface area contributed by atoms with Gasteiger partial charge in [0.15, 0.2) is 5.82 Å². The molecule has 0 unspecified atom stereocenters. The molecule has 0 aromatic carbocycles. The molecule has 0 spiro atoms. The third-order valence-corrected chi connectivity index (χ3v) is 3.94. The van der Waals surface area contributed by atoms with Crippen molar-refractivity contribution in [3.05, 3.63) is 57.5 Å². The maximum Gasteiger partial charge on any atom is 0.266 e. The maximum atomic E-state index is 11.8. The van der Waals surface area contributed by atoms with Gasteiger partial charge in [-0.05, 0) is 17.5 Å². The van der Waals surface area contributed by atoms with Crippen molar-refractivity contribution in [2.75, 3.05) is 6.54 Å². The average Bonchev–Trinajstić information content (AvgIpc) is 3.22. The second kappa shape index (κ2) is 6.97. The smallest absolute Gasteiger partial charge is 0.266 e. The zero-order valence-electron chi connectivity index (χ0n) is 12.1. The molecular weight excluding hydrogens is 316 g/mol. The van der Waals surface area contributed by atoms with Crippen LogP contribution in [0.2, 0.25) is 0 Å². The third kappa shape index (κ3) is 3.89. The minimum Gasteiger partial charge on any atom is -0.354 e. The summed E-state index contributed by atoms with van der Waals surface area (Å²) >= 11 is 1.54. The first kappa shape index (κ1) is 15.1. The Labute approximate surface area is 135 Å². The van der Waals surface area contributed by atoms with Gasteiger partial charge in [0, 0.05) is 17.5 Å². The molecule has 1 amide bonds. The molecule has 0 fully saturated rings. The summed E-state index contributed by atoms with van der Waals surface area (Å²) in [5.41, 5.74) is -0.235. The van der Waals surface area contributed by atoms with Crippen molar-refractivity contribution in [2.45, 2.75) is 13.0 Å². The van der Waals surface area contributed by atoms with Crippen LogP contribution in [0, 0.1) is 0 Å². The van der Waals surface area contributed by atoms with Crippen LogP contribution >= 0.6 is 11.3 Å². The molecule has 0 atom stereocenters. The summed E-state index contributed by atoms with van der Waals surface area (Å²) in [4.78, 5) is 28.5. The molecule has 3 heterocycles. The molecule has 0 saturated heterocycles. The molecule has 8 nitrogen and oxygen atoms in total. The van der Waals surface area contributed by atoms with Crippen LogP contribution in [0.5, 0.6) is 0 Å². The van der Waals surface area contributed by atoms with E-state index < -0.39 is 0 Å². The van der Waals surface area contributed by atoms with E-state index in [2.05, 4.69) is 20.5 Å². The standard InChI is InChI=1S/C14H14N6O2S/c21-13(8-11-2-1-7-23-11)16-5-6-19-14(22)4-3-12(18-19)20-10-15-9-17-20/h1-4,7,9-10H,5-6,8H2,(H,16,21). The fourth-order valence-corrected chi connectivity index (χ4v) is 2.69. The van der Waals surface area contributed by atoms with Gasteiger partial charge < -0.3 is 5.32 Å². The van der Waals surface area contributed by atoms with Gasteiger partial charge in [0.05, 0.1) is 13.0 Å².